The molecule has 0 bridgehead atoms. The maximum absolute atomic E-state index is 6.42. The highest BCUT2D eigenvalue weighted by Gasteiger charge is 2.61. The first-order valence-corrected chi connectivity index (χ1v) is 11.5. The highest BCUT2D eigenvalue weighted by atomic mass is 16.7. The molecule has 4 rings (SSSR count). The molecule has 4 fully saturated rings. The molecule has 2 aliphatic carbocycles. The molecule has 0 aromatic carbocycles. The SMILES string of the molecule is CCCCC/C=C/[C@@H]1OC(C)(C)O[C@@H]2C[C@@H]3CC4(C[C@@H]3[C@@H]12)OCC(C)(C)CO4. The predicted molar refractivity (Wildman–Crippen MR) is 110 cm³/mol. The van der Waals surface area contributed by atoms with E-state index >= 15 is 0 Å². The molecular weight excluding hydrogens is 352 g/mol. The molecular formula is C24H40O4. The Morgan fingerprint density at radius 2 is 1.71 bits per heavy atom. The molecule has 0 radical (unpaired) electrons. The van der Waals surface area contributed by atoms with Gasteiger partial charge in [0.15, 0.2) is 11.6 Å². The third-order valence-electron chi connectivity index (χ3n) is 7.17. The van der Waals surface area contributed by atoms with E-state index < -0.39 is 5.79 Å². The normalized spacial score (nSPS) is 40.7. The van der Waals surface area contributed by atoms with E-state index in [2.05, 4.69) is 46.8 Å². The van der Waals surface area contributed by atoms with Crippen molar-refractivity contribution in [3.8, 4) is 0 Å². The Labute approximate surface area is 171 Å². The second-order valence-corrected chi connectivity index (χ2v) is 10.9. The van der Waals surface area contributed by atoms with Crippen LogP contribution in [0.25, 0.3) is 0 Å². The van der Waals surface area contributed by atoms with Crippen molar-refractivity contribution in [2.75, 3.05) is 13.2 Å². The minimum Gasteiger partial charge on any atom is -0.349 e. The molecule has 2 aliphatic heterocycles. The zero-order chi connectivity index (χ0) is 20.0. The number of hydrogen-bond donors (Lipinski definition) is 0. The molecule has 4 nitrogen and oxygen atoms in total. The lowest BCUT2D eigenvalue weighted by atomic mass is 9.85. The highest BCUT2D eigenvalue weighted by molar-refractivity contribution is 5.10. The standard InChI is InChI=1S/C24H40O4/c1-6-7-8-9-10-11-19-21-18-14-24(25-15-22(2,3)16-26-24)13-17(18)12-20(21)28-23(4,5)27-19/h10-11,17-21H,6-9,12-16H2,1-5H3/b11-10+/t17-,18+,19+,20-,21+/m1/s1. The fraction of sp³-hybridized carbons (Fsp3) is 0.917. The number of ether oxygens (including phenoxy) is 4. The average Bonchev–Trinajstić information content (AvgIpc) is 3.10. The molecule has 28 heavy (non-hydrogen) atoms. The molecule has 0 aromatic heterocycles. The van der Waals surface area contributed by atoms with Crippen LogP contribution in [0.1, 0.15) is 79.6 Å². The molecule has 1 spiro atoms. The zero-order valence-electron chi connectivity index (χ0n) is 18.5. The maximum atomic E-state index is 6.42. The summed E-state index contributed by atoms with van der Waals surface area (Å²) < 4.78 is 25.5. The Bertz CT molecular complexity index is 571. The fourth-order valence-corrected chi connectivity index (χ4v) is 5.86. The summed E-state index contributed by atoms with van der Waals surface area (Å²) in [6, 6.07) is 0. The molecule has 4 aliphatic rings. The van der Waals surface area contributed by atoms with Gasteiger partial charge in [-0.05, 0) is 44.9 Å². The number of rotatable bonds is 5. The molecule has 2 heterocycles. The van der Waals surface area contributed by atoms with Crippen LogP contribution in [0.5, 0.6) is 0 Å². The minimum absolute atomic E-state index is 0.121. The number of hydrogen-bond acceptors (Lipinski definition) is 4. The van der Waals surface area contributed by atoms with E-state index in [0.29, 0.717) is 23.9 Å². The van der Waals surface area contributed by atoms with Crippen molar-refractivity contribution in [1.29, 1.82) is 0 Å². The molecule has 160 valence electrons. The molecule has 4 heteroatoms. The van der Waals surface area contributed by atoms with Gasteiger partial charge < -0.3 is 18.9 Å². The van der Waals surface area contributed by atoms with Crippen LogP contribution in [0.3, 0.4) is 0 Å². The quantitative estimate of drug-likeness (QED) is 0.460. The molecule has 0 amide bonds. The van der Waals surface area contributed by atoms with E-state index in [0.717, 1.165) is 38.9 Å². The number of allylic oxidation sites excluding steroid dienone is 1. The summed E-state index contributed by atoms with van der Waals surface area (Å²) in [6.45, 7) is 12.4. The molecule has 5 atom stereocenters. The fourth-order valence-electron chi connectivity index (χ4n) is 5.86. The van der Waals surface area contributed by atoms with Gasteiger partial charge in [0.25, 0.3) is 0 Å². The van der Waals surface area contributed by atoms with Gasteiger partial charge >= 0.3 is 0 Å². The van der Waals surface area contributed by atoms with Crippen LogP contribution in [0.15, 0.2) is 12.2 Å². The van der Waals surface area contributed by atoms with Crippen LogP contribution in [-0.4, -0.2) is 37.0 Å². The Kier molecular flexibility index (Phi) is 5.72. The second-order valence-electron chi connectivity index (χ2n) is 10.9. The van der Waals surface area contributed by atoms with E-state index in [1.165, 1.54) is 19.3 Å². The Hall–Kier alpha value is -0.420. The smallest absolute Gasteiger partial charge is 0.168 e. The Morgan fingerprint density at radius 3 is 2.43 bits per heavy atom. The van der Waals surface area contributed by atoms with Crippen LogP contribution in [0.2, 0.25) is 0 Å². The van der Waals surface area contributed by atoms with Crippen molar-refractivity contribution < 1.29 is 18.9 Å². The summed E-state index contributed by atoms with van der Waals surface area (Å²) >= 11 is 0. The van der Waals surface area contributed by atoms with Gasteiger partial charge in [-0.1, -0.05) is 45.8 Å². The van der Waals surface area contributed by atoms with E-state index in [9.17, 15) is 0 Å². The van der Waals surface area contributed by atoms with Gasteiger partial charge in [-0.25, -0.2) is 0 Å². The lowest BCUT2D eigenvalue weighted by molar-refractivity contribution is -0.319. The van der Waals surface area contributed by atoms with E-state index in [1.54, 1.807) is 0 Å². The van der Waals surface area contributed by atoms with Gasteiger partial charge in [0.2, 0.25) is 0 Å². The number of fused-ring (bicyclic) bond motifs is 3. The van der Waals surface area contributed by atoms with Crippen molar-refractivity contribution in [1.82, 2.24) is 0 Å². The average molecular weight is 393 g/mol. The number of unbranched alkanes of at least 4 members (excludes halogenated alkanes) is 3. The predicted octanol–water partition coefficient (Wildman–Crippen LogP) is 5.46. The Balaban J connectivity index is 1.46. The van der Waals surface area contributed by atoms with Crippen molar-refractivity contribution in [2.24, 2.45) is 23.2 Å². The van der Waals surface area contributed by atoms with E-state index in [4.69, 9.17) is 18.9 Å². The summed E-state index contributed by atoms with van der Waals surface area (Å²) in [5, 5.41) is 0. The third kappa shape index (κ3) is 4.21. The van der Waals surface area contributed by atoms with Crippen molar-refractivity contribution in [3.63, 3.8) is 0 Å². The molecule has 0 unspecified atom stereocenters. The van der Waals surface area contributed by atoms with Crippen molar-refractivity contribution >= 4 is 0 Å². The molecule has 2 saturated heterocycles. The van der Waals surface area contributed by atoms with Crippen molar-refractivity contribution in [2.45, 2.75) is 103 Å². The topological polar surface area (TPSA) is 36.9 Å². The first-order valence-electron chi connectivity index (χ1n) is 11.5. The first-order chi connectivity index (χ1) is 13.2. The third-order valence-corrected chi connectivity index (χ3v) is 7.17. The summed E-state index contributed by atoms with van der Waals surface area (Å²) in [7, 11) is 0. The highest BCUT2D eigenvalue weighted by Crippen LogP contribution is 2.58. The van der Waals surface area contributed by atoms with Crippen LogP contribution in [0.4, 0.5) is 0 Å². The van der Waals surface area contributed by atoms with Gasteiger partial charge in [0.05, 0.1) is 25.4 Å². The van der Waals surface area contributed by atoms with Gasteiger partial charge in [0, 0.05) is 24.2 Å². The largest absolute Gasteiger partial charge is 0.349 e. The van der Waals surface area contributed by atoms with Crippen LogP contribution in [0, 0.1) is 23.2 Å². The van der Waals surface area contributed by atoms with Gasteiger partial charge in [-0.2, -0.15) is 0 Å². The summed E-state index contributed by atoms with van der Waals surface area (Å²) in [4.78, 5) is 0. The minimum atomic E-state index is -0.502. The summed E-state index contributed by atoms with van der Waals surface area (Å²) in [5.41, 5.74) is 0.121. The van der Waals surface area contributed by atoms with Gasteiger partial charge in [-0.15, -0.1) is 0 Å². The van der Waals surface area contributed by atoms with Gasteiger partial charge in [0.1, 0.15) is 0 Å². The van der Waals surface area contributed by atoms with Crippen LogP contribution >= 0.6 is 0 Å². The van der Waals surface area contributed by atoms with Crippen LogP contribution < -0.4 is 0 Å². The maximum Gasteiger partial charge on any atom is 0.168 e. The molecule has 0 aromatic rings. The first kappa shape index (κ1) is 20.8. The molecule has 0 N–H and O–H groups in total. The summed E-state index contributed by atoms with van der Waals surface area (Å²) in [6.07, 6.45) is 13.2. The zero-order valence-corrected chi connectivity index (χ0v) is 18.5. The van der Waals surface area contributed by atoms with Gasteiger partial charge in [-0.3, -0.25) is 0 Å². The van der Waals surface area contributed by atoms with E-state index in [1.807, 2.05) is 0 Å². The molecule has 2 saturated carbocycles. The van der Waals surface area contributed by atoms with Crippen LogP contribution in [-0.2, 0) is 18.9 Å². The van der Waals surface area contributed by atoms with Crippen molar-refractivity contribution in [3.05, 3.63) is 12.2 Å². The lowest BCUT2D eigenvalue weighted by Crippen LogP contribution is -2.51. The Morgan fingerprint density at radius 1 is 0.964 bits per heavy atom. The second kappa shape index (κ2) is 7.68. The van der Waals surface area contributed by atoms with E-state index in [-0.39, 0.29) is 17.3 Å². The monoisotopic (exact) mass is 392 g/mol. The lowest BCUT2D eigenvalue weighted by Gasteiger charge is -2.46. The summed E-state index contributed by atoms with van der Waals surface area (Å²) in [5.74, 6) is 0.731.